The maximum atomic E-state index is 12.5. The van der Waals surface area contributed by atoms with Crippen LogP contribution in [-0.2, 0) is 18.2 Å². The lowest BCUT2D eigenvalue weighted by Gasteiger charge is -2.02. The lowest BCUT2D eigenvalue weighted by atomic mass is 10.2. The Morgan fingerprint density at radius 3 is 2.96 bits per heavy atom. The van der Waals surface area contributed by atoms with Gasteiger partial charge in [0.15, 0.2) is 0 Å². The molecule has 6 nitrogen and oxygen atoms in total. The van der Waals surface area contributed by atoms with Gasteiger partial charge in [-0.15, -0.1) is 0 Å². The number of pyridine rings is 1. The fourth-order valence-electron chi connectivity index (χ4n) is 2.57. The van der Waals surface area contributed by atoms with Gasteiger partial charge in [0.1, 0.15) is 5.82 Å². The van der Waals surface area contributed by atoms with Crippen LogP contribution in [0.2, 0.25) is 0 Å². The van der Waals surface area contributed by atoms with Gasteiger partial charge in [-0.25, -0.2) is 0 Å². The van der Waals surface area contributed by atoms with Gasteiger partial charge in [0, 0.05) is 44.6 Å². The third-order valence-corrected chi connectivity index (χ3v) is 3.84. The van der Waals surface area contributed by atoms with Gasteiger partial charge in [0.25, 0.3) is 5.91 Å². The Kier molecular flexibility index (Phi) is 4.16. The van der Waals surface area contributed by atoms with Crippen LogP contribution in [0, 0.1) is 6.92 Å². The monoisotopic (exact) mass is 312 g/mol. The molecule has 0 saturated heterocycles. The van der Waals surface area contributed by atoms with E-state index in [-0.39, 0.29) is 5.91 Å². The second-order valence-electron chi connectivity index (χ2n) is 5.55. The molecule has 23 heavy (non-hydrogen) atoms. The van der Waals surface area contributed by atoms with E-state index in [9.17, 15) is 4.79 Å². The molecule has 0 spiro atoms. The number of nitrogens with zero attached hydrogens (tertiary/aromatic N) is 3. The van der Waals surface area contributed by atoms with E-state index >= 15 is 0 Å². The molecule has 0 aliphatic carbocycles. The first kappa shape index (κ1) is 15.3. The van der Waals surface area contributed by atoms with Gasteiger partial charge in [0.05, 0.1) is 17.9 Å². The quantitative estimate of drug-likeness (QED) is 0.787. The van der Waals surface area contributed by atoms with E-state index in [1.807, 2.05) is 55.0 Å². The molecular formula is C17H20N4O2. The summed E-state index contributed by atoms with van der Waals surface area (Å²) in [7, 11) is 3.47. The Hall–Kier alpha value is -2.60. The number of nitrogens with one attached hydrogen (secondary N) is 1. The molecule has 3 aromatic heterocycles. The Morgan fingerprint density at radius 2 is 2.22 bits per heavy atom. The van der Waals surface area contributed by atoms with Crippen molar-refractivity contribution in [1.82, 2.24) is 14.2 Å². The zero-order valence-corrected chi connectivity index (χ0v) is 13.5. The third-order valence-electron chi connectivity index (χ3n) is 3.84. The van der Waals surface area contributed by atoms with Crippen LogP contribution in [0.3, 0.4) is 0 Å². The van der Waals surface area contributed by atoms with Crippen LogP contribution < -0.4 is 5.32 Å². The van der Waals surface area contributed by atoms with Gasteiger partial charge in [0.2, 0.25) is 0 Å². The van der Waals surface area contributed by atoms with E-state index in [2.05, 4.69) is 10.4 Å². The van der Waals surface area contributed by atoms with E-state index in [0.29, 0.717) is 18.0 Å². The number of ether oxygens (including phenoxy) is 1. The molecular weight excluding hydrogens is 292 g/mol. The predicted molar refractivity (Wildman–Crippen MR) is 88.9 cm³/mol. The summed E-state index contributed by atoms with van der Waals surface area (Å²) in [6.45, 7) is 2.63. The lowest BCUT2D eigenvalue weighted by molar-refractivity contribution is 0.102. The molecule has 120 valence electrons. The Morgan fingerprint density at radius 1 is 1.39 bits per heavy atom. The van der Waals surface area contributed by atoms with Crippen molar-refractivity contribution in [3.05, 3.63) is 53.5 Å². The number of methoxy groups -OCH3 is 1. The summed E-state index contributed by atoms with van der Waals surface area (Å²) in [6, 6.07) is 7.76. The van der Waals surface area contributed by atoms with E-state index in [0.717, 1.165) is 23.2 Å². The number of amides is 1. The van der Waals surface area contributed by atoms with E-state index in [4.69, 9.17) is 4.74 Å². The summed E-state index contributed by atoms with van der Waals surface area (Å²) < 4.78 is 8.68. The molecule has 3 rings (SSSR count). The number of aromatic nitrogens is 3. The van der Waals surface area contributed by atoms with Crippen molar-refractivity contribution in [3.63, 3.8) is 0 Å². The van der Waals surface area contributed by atoms with Crippen molar-refractivity contribution in [1.29, 1.82) is 0 Å². The molecule has 0 radical (unpaired) electrons. The van der Waals surface area contributed by atoms with Crippen molar-refractivity contribution < 1.29 is 9.53 Å². The predicted octanol–water partition coefficient (Wildman–Crippen LogP) is 2.42. The highest BCUT2D eigenvalue weighted by molar-refractivity contribution is 6.04. The van der Waals surface area contributed by atoms with Crippen molar-refractivity contribution in [2.24, 2.45) is 7.05 Å². The van der Waals surface area contributed by atoms with Crippen LogP contribution in [-0.4, -0.2) is 33.8 Å². The maximum Gasteiger partial charge on any atom is 0.258 e. The van der Waals surface area contributed by atoms with Gasteiger partial charge in [-0.2, -0.15) is 5.10 Å². The Labute approximate surface area is 134 Å². The van der Waals surface area contributed by atoms with Gasteiger partial charge in [-0.3, -0.25) is 9.48 Å². The van der Waals surface area contributed by atoms with Gasteiger partial charge in [-0.05, 0) is 24.6 Å². The molecule has 6 heteroatoms. The molecule has 1 N–H and O–H groups in total. The van der Waals surface area contributed by atoms with Crippen LogP contribution in [0.1, 0.15) is 21.6 Å². The summed E-state index contributed by atoms with van der Waals surface area (Å²) >= 11 is 0. The minimum Gasteiger partial charge on any atom is -0.384 e. The van der Waals surface area contributed by atoms with Crippen LogP contribution in [0.5, 0.6) is 0 Å². The van der Waals surface area contributed by atoms with Gasteiger partial charge < -0.3 is 14.5 Å². The molecule has 0 aliphatic rings. The van der Waals surface area contributed by atoms with Gasteiger partial charge in [-0.1, -0.05) is 6.07 Å². The standard InChI is InChI=1S/C17H20N4O2/c1-12-5-4-7-21-11-13(9-15(12)21)17(22)18-16-10-14(6-8-23-3)19-20(16)2/h4-5,7,9-11H,6,8H2,1-3H3,(H,18,22). The average molecular weight is 312 g/mol. The molecule has 0 saturated carbocycles. The minimum absolute atomic E-state index is 0.144. The number of rotatable bonds is 5. The first-order chi connectivity index (χ1) is 11.1. The first-order valence-corrected chi connectivity index (χ1v) is 7.49. The van der Waals surface area contributed by atoms with Gasteiger partial charge >= 0.3 is 0 Å². The van der Waals surface area contributed by atoms with E-state index < -0.39 is 0 Å². The normalized spacial score (nSPS) is 11.1. The summed E-state index contributed by atoms with van der Waals surface area (Å²) in [5.74, 6) is 0.530. The first-order valence-electron chi connectivity index (χ1n) is 7.49. The molecule has 1 amide bonds. The summed E-state index contributed by atoms with van der Waals surface area (Å²) in [5, 5.41) is 7.28. The van der Waals surface area contributed by atoms with Crippen LogP contribution in [0.4, 0.5) is 5.82 Å². The largest absolute Gasteiger partial charge is 0.384 e. The second kappa shape index (κ2) is 6.26. The molecule has 0 aliphatic heterocycles. The number of anilines is 1. The second-order valence-corrected chi connectivity index (χ2v) is 5.55. The molecule has 0 bridgehead atoms. The van der Waals surface area contributed by atoms with Crippen LogP contribution in [0.25, 0.3) is 5.52 Å². The van der Waals surface area contributed by atoms with Crippen LogP contribution >= 0.6 is 0 Å². The smallest absolute Gasteiger partial charge is 0.258 e. The molecule has 3 heterocycles. The maximum absolute atomic E-state index is 12.5. The highest BCUT2D eigenvalue weighted by Gasteiger charge is 2.13. The zero-order chi connectivity index (χ0) is 16.4. The highest BCUT2D eigenvalue weighted by atomic mass is 16.5. The fraction of sp³-hybridized carbons (Fsp3) is 0.294. The number of carbonyl (C=O) groups is 1. The number of hydrogen-bond donors (Lipinski definition) is 1. The fourth-order valence-corrected chi connectivity index (χ4v) is 2.57. The molecule has 0 unspecified atom stereocenters. The topological polar surface area (TPSA) is 60.6 Å². The third kappa shape index (κ3) is 3.12. The number of fused-ring (bicyclic) bond motifs is 1. The molecule has 0 fully saturated rings. The zero-order valence-electron chi connectivity index (χ0n) is 13.5. The van der Waals surface area contributed by atoms with Crippen LogP contribution in [0.15, 0.2) is 36.7 Å². The molecule has 0 atom stereocenters. The Balaban J connectivity index is 1.80. The summed E-state index contributed by atoms with van der Waals surface area (Å²) in [5.41, 5.74) is 3.68. The highest BCUT2D eigenvalue weighted by Crippen LogP contribution is 2.16. The number of carbonyl (C=O) groups excluding carboxylic acids is 1. The van der Waals surface area contributed by atoms with Crippen molar-refractivity contribution in [2.75, 3.05) is 19.0 Å². The Bertz CT molecular complexity index is 848. The average Bonchev–Trinajstić information content (AvgIpc) is 3.10. The summed E-state index contributed by atoms with van der Waals surface area (Å²) in [6.07, 6.45) is 4.49. The summed E-state index contributed by atoms with van der Waals surface area (Å²) in [4.78, 5) is 12.5. The van der Waals surface area contributed by atoms with Crippen molar-refractivity contribution >= 4 is 17.2 Å². The SMILES string of the molecule is COCCc1cc(NC(=O)c2cc3c(C)cccn3c2)n(C)n1. The number of hydrogen-bond acceptors (Lipinski definition) is 3. The van der Waals surface area contributed by atoms with Crippen molar-refractivity contribution in [3.8, 4) is 0 Å². The molecule has 3 aromatic rings. The van der Waals surface area contributed by atoms with E-state index in [1.165, 1.54) is 0 Å². The minimum atomic E-state index is -0.144. The molecule has 0 aromatic carbocycles. The lowest BCUT2D eigenvalue weighted by Crippen LogP contribution is -2.13. The van der Waals surface area contributed by atoms with Crippen molar-refractivity contribution in [2.45, 2.75) is 13.3 Å². The van der Waals surface area contributed by atoms with E-state index in [1.54, 1.807) is 11.8 Å². The number of aryl methyl sites for hydroxylation is 2.